The van der Waals surface area contributed by atoms with Gasteiger partial charge in [0.25, 0.3) is 0 Å². The lowest BCUT2D eigenvalue weighted by Gasteiger charge is -2.17. The number of halogens is 1. The van der Waals surface area contributed by atoms with E-state index >= 15 is 0 Å². The summed E-state index contributed by atoms with van der Waals surface area (Å²) in [5.41, 5.74) is 0.623. The highest BCUT2D eigenvalue weighted by molar-refractivity contribution is 5.18. The van der Waals surface area contributed by atoms with Crippen molar-refractivity contribution in [2.45, 2.75) is 25.0 Å². The first-order valence-corrected chi connectivity index (χ1v) is 6.51. The molecule has 2 N–H and O–H groups in total. The number of nitrogens with one attached hydrogen (secondary N) is 1. The topological polar surface area (TPSA) is 35.5 Å². The van der Waals surface area contributed by atoms with E-state index in [2.05, 4.69) is 17.3 Å². The van der Waals surface area contributed by atoms with Crippen LogP contribution in [-0.4, -0.2) is 42.7 Å². The first-order valence-electron chi connectivity index (χ1n) is 6.51. The molecule has 0 aliphatic heterocycles. The minimum absolute atomic E-state index is 0.306. The van der Waals surface area contributed by atoms with Gasteiger partial charge in [-0.2, -0.15) is 0 Å². The van der Waals surface area contributed by atoms with Gasteiger partial charge in [0.2, 0.25) is 0 Å². The normalized spacial score (nSPS) is 17.1. The second-order valence-electron chi connectivity index (χ2n) is 4.99. The standard InChI is InChI=1S/C14H21FN2O/c1-17(13-5-6-13)8-7-16-10-14(18)11-3-2-4-12(15)9-11/h2-4,9,13-14,16,18H,5-8,10H2,1H3. The Bertz CT molecular complexity index is 382. The van der Waals surface area contributed by atoms with Gasteiger partial charge in [-0.3, -0.25) is 0 Å². The van der Waals surface area contributed by atoms with Crippen molar-refractivity contribution in [3.8, 4) is 0 Å². The van der Waals surface area contributed by atoms with E-state index in [9.17, 15) is 9.50 Å². The fraction of sp³-hybridized carbons (Fsp3) is 0.571. The Morgan fingerprint density at radius 3 is 2.94 bits per heavy atom. The van der Waals surface area contributed by atoms with Gasteiger partial charge in [0, 0.05) is 25.7 Å². The van der Waals surface area contributed by atoms with Gasteiger partial charge in [0.15, 0.2) is 0 Å². The largest absolute Gasteiger partial charge is 0.387 e. The summed E-state index contributed by atoms with van der Waals surface area (Å²) in [5, 5.41) is 13.1. The molecule has 1 aromatic rings. The molecule has 0 radical (unpaired) electrons. The molecule has 3 nitrogen and oxygen atoms in total. The van der Waals surface area contributed by atoms with Crippen molar-refractivity contribution >= 4 is 0 Å². The molecule has 2 rings (SSSR count). The highest BCUT2D eigenvalue weighted by Gasteiger charge is 2.25. The monoisotopic (exact) mass is 252 g/mol. The van der Waals surface area contributed by atoms with Crippen LogP contribution in [0.2, 0.25) is 0 Å². The number of hydrogen-bond acceptors (Lipinski definition) is 3. The summed E-state index contributed by atoms with van der Waals surface area (Å²) in [4.78, 5) is 2.33. The Kier molecular flexibility index (Phi) is 4.69. The third-order valence-corrected chi connectivity index (χ3v) is 3.38. The molecule has 1 aromatic carbocycles. The van der Waals surface area contributed by atoms with E-state index in [0.29, 0.717) is 12.1 Å². The van der Waals surface area contributed by atoms with E-state index < -0.39 is 6.10 Å². The minimum Gasteiger partial charge on any atom is -0.387 e. The predicted octanol–water partition coefficient (Wildman–Crippen LogP) is 1.54. The molecule has 1 aliphatic rings. The molecule has 1 atom stereocenters. The van der Waals surface area contributed by atoms with Gasteiger partial charge >= 0.3 is 0 Å². The number of nitrogens with zero attached hydrogens (tertiary/aromatic N) is 1. The van der Waals surface area contributed by atoms with Crippen LogP contribution in [0.15, 0.2) is 24.3 Å². The van der Waals surface area contributed by atoms with Crippen LogP contribution in [0.3, 0.4) is 0 Å². The highest BCUT2D eigenvalue weighted by Crippen LogP contribution is 2.24. The molecule has 1 aliphatic carbocycles. The summed E-state index contributed by atoms with van der Waals surface area (Å²) in [6.45, 7) is 2.29. The van der Waals surface area contributed by atoms with Crippen molar-refractivity contribution in [2.24, 2.45) is 0 Å². The summed E-state index contributed by atoms with van der Waals surface area (Å²) in [7, 11) is 2.13. The van der Waals surface area contributed by atoms with Crippen LogP contribution in [0, 0.1) is 5.82 Å². The Hall–Kier alpha value is -0.970. The van der Waals surface area contributed by atoms with Crippen LogP contribution >= 0.6 is 0 Å². The van der Waals surface area contributed by atoms with Gasteiger partial charge in [0.05, 0.1) is 6.10 Å². The van der Waals surface area contributed by atoms with E-state index in [1.165, 1.54) is 25.0 Å². The highest BCUT2D eigenvalue weighted by atomic mass is 19.1. The van der Waals surface area contributed by atoms with Crippen molar-refractivity contribution in [3.05, 3.63) is 35.6 Å². The SMILES string of the molecule is CN(CCNCC(O)c1cccc(F)c1)C1CC1. The smallest absolute Gasteiger partial charge is 0.123 e. The first-order chi connectivity index (χ1) is 8.66. The fourth-order valence-electron chi connectivity index (χ4n) is 2.02. The number of rotatable bonds is 7. The maximum Gasteiger partial charge on any atom is 0.123 e. The number of likely N-dealkylation sites (N-methyl/N-ethyl adjacent to an activating group) is 1. The second-order valence-corrected chi connectivity index (χ2v) is 4.99. The van der Waals surface area contributed by atoms with Gasteiger partial charge in [-0.1, -0.05) is 12.1 Å². The molecule has 18 heavy (non-hydrogen) atoms. The zero-order valence-corrected chi connectivity index (χ0v) is 10.8. The summed E-state index contributed by atoms with van der Waals surface area (Å²) >= 11 is 0. The Labute approximate surface area is 108 Å². The molecule has 0 saturated heterocycles. The van der Waals surface area contributed by atoms with Crippen LogP contribution < -0.4 is 5.32 Å². The van der Waals surface area contributed by atoms with E-state index in [1.54, 1.807) is 12.1 Å². The maximum absolute atomic E-state index is 13.0. The summed E-state index contributed by atoms with van der Waals surface area (Å²) in [5.74, 6) is -0.306. The van der Waals surface area contributed by atoms with E-state index in [1.807, 2.05) is 0 Å². The fourth-order valence-corrected chi connectivity index (χ4v) is 2.02. The van der Waals surface area contributed by atoms with Crippen molar-refractivity contribution < 1.29 is 9.50 Å². The molecule has 100 valence electrons. The molecule has 1 saturated carbocycles. The molecule has 0 spiro atoms. The predicted molar refractivity (Wildman–Crippen MR) is 69.9 cm³/mol. The first kappa shape index (κ1) is 13.5. The molecule has 0 heterocycles. The maximum atomic E-state index is 13.0. The van der Waals surface area contributed by atoms with Crippen molar-refractivity contribution in [2.75, 3.05) is 26.7 Å². The van der Waals surface area contributed by atoms with Crippen LogP contribution in [-0.2, 0) is 0 Å². The molecule has 0 bridgehead atoms. The van der Waals surface area contributed by atoms with Gasteiger partial charge in [-0.25, -0.2) is 4.39 Å². The molecular formula is C14H21FN2O. The van der Waals surface area contributed by atoms with Gasteiger partial charge in [-0.05, 0) is 37.6 Å². The molecular weight excluding hydrogens is 231 g/mol. The molecule has 0 amide bonds. The van der Waals surface area contributed by atoms with E-state index in [-0.39, 0.29) is 5.82 Å². The molecule has 0 aromatic heterocycles. The van der Waals surface area contributed by atoms with Crippen LogP contribution in [0.25, 0.3) is 0 Å². The third kappa shape index (κ3) is 4.05. The lowest BCUT2D eigenvalue weighted by Crippen LogP contribution is -2.32. The molecule has 1 fully saturated rings. The quantitative estimate of drug-likeness (QED) is 0.723. The van der Waals surface area contributed by atoms with Gasteiger partial charge < -0.3 is 15.3 Å². The summed E-state index contributed by atoms with van der Waals surface area (Å²) in [6, 6.07) is 6.89. The lowest BCUT2D eigenvalue weighted by atomic mass is 10.1. The van der Waals surface area contributed by atoms with Crippen molar-refractivity contribution in [1.29, 1.82) is 0 Å². The number of hydrogen-bond donors (Lipinski definition) is 2. The number of aliphatic hydroxyl groups excluding tert-OH is 1. The Morgan fingerprint density at radius 1 is 1.50 bits per heavy atom. The third-order valence-electron chi connectivity index (χ3n) is 3.38. The summed E-state index contributed by atoms with van der Waals surface area (Å²) in [6.07, 6.45) is 1.97. The zero-order valence-electron chi connectivity index (χ0n) is 10.8. The van der Waals surface area contributed by atoms with E-state index in [0.717, 1.165) is 19.1 Å². The average molecular weight is 252 g/mol. The van der Waals surface area contributed by atoms with Gasteiger partial charge in [0.1, 0.15) is 5.82 Å². The van der Waals surface area contributed by atoms with Crippen molar-refractivity contribution in [3.63, 3.8) is 0 Å². The second kappa shape index (κ2) is 6.27. The van der Waals surface area contributed by atoms with Crippen LogP contribution in [0.1, 0.15) is 24.5 Å². The summed E-state index contributed by atoms with van der Waals surface area (Å²) < 4.78 is 13.0. The Balaban J connectivity index is 1.66. The lowest BCUT2D eigenvalue weighted by molar-refractivity contribution is 0.172. The minimum atomic E-state index is -0.646. The Morgan fingerprint density at radius 2 is 2.28 bits per heavy atom. The zero-order chi connectivity index (χ0) is 13.0. The van der Waals surface area contributed by atoms with E-state index in [4.69, 9.17) is 0 Å². The molecule has 1 unspecified atom stereocenters. The average Bonchev–Trinajstić information content (AvgIpc) is 3.18. The van der Waals surface area contributed by atoms with Crippen molar-refractivity contribution in [1.82, 2.24) is 10.2 Å². The van der Waals surface area contributed by atoms with Crippen LogP contribution in [0.4, 0.5) is 4.39 Å². The number of benzene rings is 1. The van der Waals surface area contributed by atoms with Crippen LogP contribution in [0.5, 0.6) is 0 Å². The molecule has 4 heteroatoms. The van der Waals surface area contributed by atoms with Gasteiger partial charge in [-0.15, -0.1) is 0 Å². The number of aliphatic hydroxyl groups is 1.